The molecule has 2 atom stereocenters. The molecule has 0 heterocycles. The molecule has 0 amide bonds. The normalized spacial score (nSPS) is 22.6. The van der Waals surface area contributed by atoms with Gasteiger partial charge < -0.3 is 21.3 Å². The van der Waals surface area contributed by atoms with Crippen molar-refractivity contribution in [3.63, 3.8) is 0 Å². The van der Waals surface area contributed by atoms with E-state index in [0.29, 0.717) is 16.3 Å². The fourth-order valence-electron chi connectivity index (χ4n) is 4.73. The van der Waals surface area contributed by atoms with E-state index in [9.17, 15) is 0 Å². The van der Waals surface area contributed by atoms with Crippen LogP contribution in [-0.2, 0) is 0 Å². The molecule has 1 fully saturated rings. The minimum atomic E-state index is 0.115. The molecule has 4 nitrogen and oxygen atoms in total. The molecule has 0 spiro atoms. The molecule has 6 heteroatoms. The van der Waals surface area contributed by atoms with Crippen LogP contribution in [0.25, 0.3) is 0 Å². The Morgan fingerprint density at radius 3 is 1.93 bits per heavy atom. The second kappa shape index (κ2) is 9.75. The lowest BCUT2D eigenvalue weighted by molar-refractivity contribution is 0.0807. The molecule has 1 saturated carbocycles. The monoisotopic (exact) mass is 440 g/mol. The predicted molar refractivity (Wildman–Crippen MR) is 136 cm³/mol. The highest BCUT2D eigenvalue weighted by atomic mass is 32.1. The van der Waals surface area contributed by atoms with Gasteiger partial charge in [0.05, 0.1) is 0 Å². The molecule has 1 aliphatic carbocycles. The highest BCUT2D eigenvalue weighted by molar-refractivity contribution is 7.80. The van der Waals surface area contributed by atoms with E-state index in [1.807, 2.05) is 60.7 Å². The second-order valence-electron chi connectivity index (χ2n) is 9.40. The molecule has 2 aromatic carbocycles. The third kappa shape index (κ3) is 6.96. The van der Waals surface area contributed by atoms with Crippen molar-refractivity contribution in [2.45, 2.75) is 46.1 Å². The Balaban J connectivity index is 1.56. The SMILES string of the molecule is CC1(C)CC(NC(=S)Nc2ccccc2)CC(C)(CNC(=S)Nc2ccccc2)C1. The molecule has 0 saturated heterocycles. The maximum atomic E-state index is 5.58. The molecule has 3 rings (SSSR count). The molecule has 30 heavy (non-hydrogen) atoms. The Morgan fingerprint density at radius 2 is 1.37 bits per heavy atom. The number of rotatable bonds is 5. The van der Waals surface area contributed by atoms with Gasteiger partial charge in [-0.2, -0.15) is 0 Å². The van der Waals surface area contributed by atoms with E-state index in [1.54, 1.807) is 0 Å². The van der Waals surface area contributed by atoms with Crippen LogP contribution < -0.4 is 21.3 Å². The number of anilines is 2. The summed E-state index contributed by atoms with van der Waals surface area (Å²) in [6, 6.07) is 20.4. The zero-order chi connectivity index (χ0) is 21.6. The Labute approximate surface area is 191 Å². The van der Waals surface area contributed by atoms with Crippen LogP contribution in [-0.4, -0.2) is 22.8 Å². The van der Waals surface area contributed by atoms with Gasteiger partial charge in [-0.15, -0.1) is 0 Å². The van der Waals surface area contributed by atoms with Gasteiger partial charge in [0.1, 0.15) is 0 Å². The fourth-order valence-corrected chi connectivity index (χ4v) is 5.21. The maximum Gasteiger partial charge on any atom is 0.170 e. The lowest BCUT2D eigenvalue weighted by atomic mass is 9.62. The first-order valence-corrected chi connectivity index (χ1v) is 11.3. The number of hydrogen-bond acceptors (Lipinski definition) is 2. The van der Waals surface area contributed by atoms with Crippen molar-refractivity contribution in [2.75, 3.05) is 17.2 Å². The first-order chi connectivity index (χ1) is 14.2. The quantitative estimate of drug-likeness (QED) is 0.458. The van der Waals surface area contributed by atoms with E-state index in [2.05, 4.69) is 42.0 Å². The molecular formula is C24H32N4S2. The fraction of sp³-hybridized carbons (Fsp3) is 0.417. The van der Waals surface area contributed by atoms with E-state index < -0.39 is 0 Å². The van der Waals surface area contributed by atoms with E-state index in [-0.39, 0.29) is 10.8 Å². The first kappa shape index (κ1) is 22.5. The number of hydrogen-bond donors (Lipinski definition) is 4. The Kier molecular flexibility index (Phi) is 7.32. The van der Waals surface area contributed by atoms with Crippen LogP contribution in [0.2, 0.25) is 0 Å². The molecule has 2 aromatic rings. The Hall–Kier alpha value is -2.18. The minimum absolute atomic E-state index is 0.115. The topological polar surface area (TPSA) is 48.1 Å². The van der Waals surface area contributed by atoms with Gasteiger partial charge in [0.25, 0.3) is 0 Å². The van der Waals surface area contributed by atoms with Crippen LogP contribution in [0.5, 0.6) is 0 Å². The molecule has 4 N–H and O–H groups in total. The van der Waals surface area contributed by atoms with Gasteiger partial charge in [-0.1, -0.05) is 57.2 Å². The van der Waals surface area contributed by atoms with E-state index >= 15 is 0 Å². The molecule has 160 valence electrons. The molecule has 0 bridgehead atoms. The lowest BCUT2D eigenvalue weighted by Crippen LogP contribution is -2.51. The predicted octanol–water partition coefficient (Wildman–Crippen LogP) is 5.54. The zero-order valence-corrected chi connectivity index (χ0v) is 19.6. The van der Waals surface area contributed by atoms with Crippen LogP contribution in [0.4, 0.5) is 11.4 Å². The number of thiocarbonyl (C=S) groups is 2. The first-order valence-electron chi connectivity index (χ1n) is 10.5. The summed E-state index contributed by atoms with van der Waals surface area (Å²) in [6.45, 7) is 7.85. The lowest BCUT2D eigenvalue weighted by Gasteiger charge is -2.47. The Morgan fingerprint density at radius 1 is 0.833 bits per heavy atom. The highest BCUT2D eigenvalue weighted by Gasteiger charge is 2.41. The van der Waals surface area contributed by atoms with Crippen molar-refractivity contribution < 1.29 is 0 Å². The molecule has 0 aromatic heterocycles. The minimum Gasteiger partial charge on any atom is -0.362 e. The van der Waals surface area contributed by atoms with Crippen LogP contribution in [0.3, 0.4) is 0 Å². The van der Waals surface area contributed by atoms with Crippen LogP contribution in [0.1, 0.15) is 40.0 Å². The maximum absolute atomic E-state index is 5.58. The average Bonchev–Trinajstić information content (AvgIpc) is 2.66. The summed E-state index contributed by atoms with van der Waals surface area (Å²) < 4.78 is 0. The summed E-state index contributed by atoms with van der Waals surface area (Å²) in [6.07, 6.45) is 3.26. The molecule has 0 aliphatic heterocycles. The standard InChI is InChI=1S/C24H32N4S2/c1-23(2)14-20(28-22(30)27-19-12-8-5-9-13-19)15-24(3,16-23)17-25-21(29)26-18-10-6-4-7-11-18/h4-13,20H,14-17H2,1-3H3,(H2,25,26,29)(H2,27,28,30). The summed E-state index contributed by atoms with van der Waals surface area (Å²) in [4.78, 5) is 0. The summed E-state index contributed by atoms with van der Waals surface area (Å²) >= 11 is 11.1. The van der Waals surface area contributed by atoms with Crippen LogP contribution in [0.15, 0.2) is 60.7 Å². The van der Waals surface area contributed by atoms with Gasteiger partial charge in [0.2, 0.25) is 0 Å². The third-order valence-electron chi connectivity index (χ3n) is 5.52. The van der Waals surface area contributed by atoms with E-state index in [0.717, 1.165) is 37.2 Å². The largest absolute Gasteiger partial charge is 0.362 e. The smallest absolute Gasteiger partial charge is 0.170 e. The Bertz CT molecular complexity index is 854. The van der Waals surface area contributed by atoms with Gasteiger partial charge in [-0.25, -0.2) is 0 Å². The van der Waals surface area contributed by atoms with E-state index in [4.69, 9.17) is 24.4 Å². The van der Waals surface area contributed by atoms with Crippen molar-refractivity contribution in [3.8, 4) is 0 Å². The second-order valence-corrected chi connectivity index (χ2v) is 10.2. The summed E-state index contributed by atoms with van der Waals surface area (Å²) in [5.74, 6) is 0. The summed E-state index contributed by atoms with van der Waals surface area (Å²) in [5, 5.41) is 14.9. The van der Waals surface area contributed by atoms with Gasteiger partial charge in [-0.05, 0) is 78.8 Å². The number of nitrogens with one attached hydrogen (secondary N) is 4. The van der Waals surface area contributed by atoms with Crippen LogP contribution in [0, 0.1) is 10.8 Å². The molecule has 2 unspecified atom stereocenters. The van der Waals surface area contributed by atoms with Crippen molar-refractivity contribution in [1.29, 1.82) is 0 Å². The zero-order valence-electron chi connectivity index (χ0n) is 18.0. The van der Waals surface area contributed by atoms with Crippen molar-refractivity contribution in [2.24, 2.45) is 10.8 Å². The van der Waals surface area contributed by atoms with Gasteiger partial charge in [0.15, 0.2) is 10.2 Å². The average molecular weight is 441 g/mol. The highest BCUT2D eigenvalue weighted by Crippen LogP contribution is 2.45. The van der Waals surface area contributed by atoms with Crippen molar-refractivity contribution >= 4 is 46.0 Å². The molecular weight excluding hydrogens is 408 g/mol. The summed E-state index contributed by atoms with van der Waals surface area (Å²) in [5.41, 5.74) is 2.35. The van der Waals surface area contributed by atoms with Crippen molar-refractivity contribution in [3.05, 3.63) is 60.7 Å². The third-order valence-corrected chi connectivity index (χ3v) is 5.98. The van der Waals surface area contributed by atoms with Crippen molar-refractivity contribution in [1.82, 2.24) is 10.6 Å². The summed E-state index contributed by atoms with van der Waals surface area (Å²) in [7, 11) is 0. The molecule has 1 aliphatic rings. The van der Waals surface area contributed by atoms with Gasteiger partial charge in [-0.3, -0.25) is 0 Å². The number of para-hydroxylation sites is 2. The van der Waals surface area contributed by atoms with Crippen LogP contribution >= 0.6 is 24.4 Å². The molecule has 0 radical (unpaired) electrons. The number of benzene rings is 2. The van der Waals surface area contributed by atoms with E-state index in [1.165, 1.54) is 0 Å². The van der Waals surface area contributed by atoms with Gasteiger partial charge in [0, 0.05) is 24.0 Å². The van der Waals surface area contributed by atoms with Gasteiger partial charge >= 0.3 is 0 Å².